The molecule has 0 unspecified atom stereocenters. The van der Waals surface area contributed by atoms with Crippen LogP contribution in [-0.4, -0.2) is 54.8 Å². The molecule has 9 heteroatoms. The summed E-state index contributed by atoms with van der Waals surface area (Å²) in [4.78, 5) is 12.7. The first-order chi connectivity index (χ1) is 14.1. The largest absolute Gasteiger partial charge is 0.456 e. The third-order valence-corrected chi connectivity index (χ3v) is 7.10. The van der Waals surface area contributed by atoms with Gasteiger partial charge < -0.3 is 4.74 Å². The first kappa shape index (κ1) is 22.2. The lowest BCUT2D eigenvalue weighted by Gasteiger charge is -2.36. The third-order valence-electron chi connectivity index (χ3n) is 5.18. The lowest BCUT2D eigenvalue weighted by atomic mass is 10.1. The summed E-state index contributed by atoms with van der Waals surface area (Å²) >= 11 is 0. The third kappa shape index (κ3) is 4.80. The second-order valence-electron chi connectivity index (χ2n) is 7.85. The highest BCUT2D eigenvalue weighted by atomic mass is 32.2. The minimum atomic E-state index is -3.96. The summed E-state index contributed by atoms with van der Waals surface area (Å²) in [6, 6.07) is 9.60. The highest BCUT2D eigenvalue weighted by Crippen LogP contribution is 2.35. The van der Waals surface area contributed by atoms with E-state index in [1.807, 2.05) is 19.9 Å². The molecule has 8 nitrogen and oxygen atoms in total. The number of nitro groups is 1. The number of rotatable bonds is 6. The Hall–Kier alpha value is -2.49. The van der Waals surface area contributed by atoms with Crippen LogP contribution in [0.2, 0.25) is 0 Å². The molecule has 1 aliphatic rings. The van der Waals surface area contributed by atoms with Crippen molar-refractivity contribution in [2.24, 2.45) is 0 Å². The summed E-state index contributed by atoms with van der Waals surface area (Å²) in [5.41, 5.74) is 1.66. The number of hydrogen-bond acceptors (Lipinski definition) is 6. The number of ether oxygens (including phenoxy) is 1. The molecule has 2 aromatic carbocycles. The van der Waals surface area contributed by atoms with Gasteiger partial charge in [-0.05, 0) is 57.0 Å². The van der Waals surface area contributed by atoms with Crippen LogP contribution in [0.1, 0.15) is 25.0 Å². The standard InChI is InChI=1S/C21H27N3O5S/c1-15(2)22-7-9-23(10-8-22)30(27,28)21-14-18(24(25)26)5-6-20(21)29-19-12-16(3)11-17(4)13-19/h5-6,11-15H,7-10H2,1-4H3. The quantitative estimate of drug-likeness (QED) is 0.509. The Morgan fingerprint density at radius 3 is 2.13 bits per heavy atom. The van der Waals surface area contributed by atoms with E-state index in [1.54, 1.807) is 12.1 Å². The number of piperazine rings is 1. The molecule has 0 amide bonds. The number of non-ortho nitro benzene ring substituents is 1. The van der Waals surface area contributed by atoms with E-state index in [0.717, 1.165) is 17.2 Å². The number of nitro benzene ring substituents is 1. The van der Waals surface area contributed by atoms with Gasteiger partial charge >= 0.3 is 0 Å². The van der Waals surface area contributed by atoms with E-state index in [-0.39, 0.29) is 16.3 Å². The smallest absolute Gasteiger partial charge is 0.271 e. The normalized spacial score (nSPS) is 16.0. The van der Waals surface area contributed by atoms with Gasteiger partial charge in [-0.2, -0.15) is 4.31 Å². The van der Waals surface area contributed by atoms with Gasteiger partial charge in [-0.15, -0.1) is 0 Å². The van der Waals surface area contributed by atoms with Gasteiger partial charge in [0, 0.05) is 44.4 Å². The zero-order valence-corrected chi connectivity index (χ0v) is 18.5. The Balaban J connectivity index is 1.98. The minimum absolute atomic E-state index is 0.0805. The van der Waals surface area contributed by atoms with Crippen LogP contribution in [0.15, 0.2) is 41.3 Å². The molecule has 1 heterocycles. The minimum Gasteiger partial charge on any atom is -0.456 e. The Morgan fingerprint density at radius 2 is 1.60 bits per heavy atom. The molecule has 0 bridgehead atoms. The number of hydrogen-bond donors (Lipinski definition) is 0. The molecule has 0 aromatic heterocycles. The average Bonchev–Trinajstić information content (AvgIpc) is 2.67. The first-order valence-electron chi connectivity index (χ1n) is 9.86. The van der Waals surface area contributed by atoms with Crippen molar-refractivity contribution in [3.05, 3.63) is 57.6 Å². The maximum Gasteiger partial charge on any atom is 0.271 e. The summed E-state index contributed by atoms with van der Waals surface area (Å²) in [7, 11) is -3.96. The van der Waals surface area contributed by atoms with E-state index in [0.29, 0.717) is 38.0 Å². The molecule has 162 valence electrons. The maximum absolute atomic E-state index is 13.4. The Bertz CT molecular complexity index is 1020. The Labute approximate surface area is 177 Å². The zero-order valence-electron chi connectivity index (χ0n) is 17.7. The van der Waals surface area contributed by atoms with E-state index < -0.39 is 14.9 Å². The SMILES string of the molecule is Cc1cc(C)cc(Oc2ccc([N+](=O)[O-])cc2S(=O)(=O)N2CCN(C(C)C)CC2)c1. The van der Waals surface area contributed by atoms with E-state index in [2.05, 4.69) is 18.7 Å². The van der Waals surface area contributed by atoms with Crippen LogP contribution in [0.4, 0.5) is 5.69 Å². The molecule has 0 N–H and O–H groups in total. The van der Waals surface area contributed by atoms with Crippen LogP contribution < -0.4 is 4.74 Å². The average molecular weight is 434 g/mol. The van der Waals surface area contributed by atoms with Gasteiger partial charge in [0.1, 0.15) is 16.4 Å². The van der Waals surface area contributed by atoms with Crippen LogP contribution in [0, 0.1) is 24.0 Å². The summed E-state index contributed by atoms with van der Waals surface area (Å²) < 4.78 is 34.1. The monoisotopic (exact) mass is 433 g/mol. The van der Waals surface area contributed by atoms with Gasteiger partial charge in [-0.25, -0.2) is 8.42 Å². The molecule has 1 saturated heterocycles. The van der Waals surface area contributed by atoms with Gasteiger partial charge in [-0.3, -0.25) is 15.0 Å². The van der Waals surface area contributed by atoms with Gasteiger partial charge in [0.25, 0.3) is 5.69 Å². The number of aryl methyl sites for hydroxylation is 2. The van der Waals surface area contributed by atoms with Crippen LogP contribution in [0.5, 0.6) is 11.5 Å². The summed E-state index contributed by atoms with van der Waals surface area (Å²) in [6.45, 7) is 9.85. The van der Waals surface area contributed by atoms with Gasteiger partial charge in [0.15, 0.2) is 0 Å². The van der Waals surface area contributed by atoms with Crippen LogP contribution in [-0.2, 0) is 10.0 Å². The molecule has 2 aromatic rings. The molecule has 0 spiro atoms. The van der Waals surface area contributed by atoms with E-state index in [4.69, 9.17) is 4.74 Å². The van der Waals surface area contributed by atoms with Crippen LogP contribution in [0.3, 0.4) is 0 Å². The molecular formula is C21H27N3O5S. The van der Waals surface area contributed by atoms with Gasteiger partial charge in [0.05, 0.1) is 4.92 Å². The van der Waals surface area contributed by atoms with E-state index in [9.17, 15) is 18.5 Å². The van der Waals surface area contributed by atoms with Crippen molar-refractivity contribution in [3.8, 4) is 11.5 Å². The predicted molar refractivity (Wildman–Crippen MR) is 115 cm³/mol. The van der Waals surface area contributed by atoms with Crippen molar-refractivity contribution in [1.29, 1.82) is 0 Å². The molecule has 30 heavy (non-hydrogen) atoms. The maximum atomic E-state index is 13.4. The summed E-state index contributed by atoms with van der Waals surface area (Å²) in [5.74, 6) is 0.569. The summed E-state index contributed by atoms with van der Waals surface area (Å²) in [6.07, 6.45) is 0. The molecule has 1 aliphatic heterocycles. The second-order valence-corrected chi connectivity index (χ2v) is 9.75. The zero-order chi connectivity index (χ0) is 22.1. The predicted octanol–water partition coefficient (Wildman–Crippen LogP) is 3.72. The fourth-order valence-corrected chi connectivity index (χ4v) is 5.17. The van der Waals surface area contributed by atoms with Crippen molar-refractivity contribution in [2.45, 2.75) is 38.6 Å². The van der Waals surface area contributed by atoms with Gasteiger partial charge in [0.2, 0.25) is 10.0 Å². The molecule has 0 radical (unpaired) electrons. The van der Waals surface area contributed by atoms with E-state index >= 15 is 0 Å². The topological polar surface area (TPSA) is 93.0 Å². The number of sulfonamides is 1. The van der Waals surface area contributed by atoms with Crippen molar-refractivity contribution in [3.63, 3.8) is 0 Å². The number of nitrogens with zero attached hydrogens (tertiary/aromatic N) is 3. The highest BCUT2D eigenvalue weighted by molar-refractivity contribution is 7.89. The molecule has 0 aliphatic carbocycles. The van der Waals surface area contributed by atoms with Crippen molar-refractivity contribution >= 4 is 15.7 Å². The molecular weight excluding hydrogens is 406 g/mol. The fourth-order valence-electron chi connectivity index (χ4n) is 3.61. The molecule has 3 rings (SSSR count). The first-order valence-corrected chi connectivity index (χ1v) is 11.3. The Kier molecular flexibility index (Phi) is 6.44. The van der Waals surface area contributed by atoms with Crippen molar-refractivity contribution in [2.75, 3.05) is 26.2 Å². The highest BCUT2D eigenvalue weighted by Gasteiger charge is 2.33. The molecule has 0 atom stereocenters. The van der Waals surface area contributed by atoms with Gasteiger partial charge in [-0.1, -0.05) is 6.07 Å². The van der Waals surface area contributed by atoms with Crippen LogP contribution >= 0.6 is 0 Å². The lowest BCUT2D eigenvalue weighted by molar-refractivity contribution is -0.385. The second kappa shape index (κ2) is 8.71. The molecule has 0 saturated carbocycles. The molecule has 1 fully saturated rings. The van der Waals surface area contributed by atoms with Crippen molar-refractivity contribution in [1.82, 2.24) is 9.21 Å². The van der Waals surface area contributed by atoms with Crippen molar-refractivity contribution < 1.29 is 18.1 Å². The Morgan fingerprint density at radius 1 is 1.00 bits per heavy atom. The lowest BCUT2D eigenvalue weighted by Crippen LogP contribution is -2.50. The number of benzene rings is 2. The van der Waals surface area contributed by atoms with E-state index in [1.165, 1.54) is 16.4 Å². The summed E-state index contributed by atoms with van der Waals surface area (Å²) in [5, 5.41) is 11.3. The fraction of sp³-hybridized carbons (Fsp3) is 0.429. The van der Waals surface area contributed by atoms with Crippen LogP contribution in [0.25, 0.3) is 0 Å².